The second-order valence-corrected chi connectivity index (χ2v) is 4.87. The monoisotopic (exact) mass is 275 g/mol. The number of carbonyl (C=O) groups excluding carboxylic acids is 1. The number of nitrogens with one attached hydrogen (secondary N) is 1. The Balaban J connectivity index is 2.50. The Labute approximate surface area is 122 Å². The molecule has 0 heterocycles. The minimum atomic E-state index is -0.171. The van der Waals surface area contributed by atoms with Crippen LogP contribution in [-0.2, 0) is 16.0 Å². The quantitative estimate of drug-likeness (QED) is 0.405. The van der Waals surface area contributed by atoms with Gasteiger partial charge in [-0.3, -0.25) is 4.79 Å². The van der Waals surface area contributed by atoms with Crippen LogP contribution in [0.2, 0.25) is 0 Å². The van der Waals surface area contributed by atoms with E-state index in [1.807, 2.05) is 18.2 Å². The van der Waals surface area contributed by atoms with Crippen LogP contribution >= 0.6 is 0 Å². The number of hydrogen-bond donors (Lipinski definition) is 1. The molecule has 1 N–H and O–H groups in total. The molecule has 1 atom stereocenters. The fourth-order valence-electron chi connectivity index (χ4n) is 2.01. The van der Waals surface area contributed by atoms with E-state index in [1.54, 1.807) is 6.08 Å². The van der Waals surface area contributed by atoms with Crippen molar-refractivity contribution in [1.29, 1.82) is 0 Å². The molecule has 0 spiro atoms. The SMILES string of the molecule is C=CCOC(=O)C[C@H](Cc1ccccc1)NCCCC. The van der Waals surface area contributed by atoms with Crippen molar-refractivity contribution in [2.75, 3.05) is 13.2 Å². The maximum atomic E-state index is 11.7. The van der Waals surface area contributed by atoms with E-state index in [1.165, 1.54) is 5.56 Å². The number of unbranched alkanes of at least 4 members (excludes halogenated alkanes) is 1. The zero-order valence-corrected chi connectivity index (χ0v) is 12.3. The normalized spacial score (nSPS) is 11.8. The van der Waals surface area contributed by atoms with Crippen molar-refractivity contribution in [3.05, 3.63) is 48.6 Å². The molecule has 1 aromatic carbocycles. The van der Waals surface area contributed by atoms with Gasteiger partial charge < -0.3 is 10.1 Å². The number of carbonyl (C=O) groups is 1. The third-order valence-electron chi connectivity index (χ3n) is 3.06. The molecule has 20 heavy (non-hydrogen) atoms. The lowest BCUT2D eigenvalue weighted by atomic mass is 10.0. The molecule has 0 saturated heterocycles. The first-order chi connectivity index (χ1) is 9.76. The molecule has 110 valence electrons. The second kappa shape index (κ2) is 10.2. The first-order valence-electron chi connectivity index (χ1n) is 7.30. The van der Waals surface area contributed by atoms with Crippen LogP contribution in [0.4, 0.5) is 0 Å². The predicted molar refractivity (Wildman–Crippen MR) is 82.6 cm³/mol. The molecule has 0 saturated carbocycles. The second-order valence-electron chi connectivity index (χ2n) is 4.87. The predicted octanol–water partition coefficient (Wildman–Crippen LogP) is 3.11. The van der Waals surface area contributed by atoms with E-state index in [0.717, 1.165) is 25.8 Å². The van der Waals surface area contributed by atoms with E-state index in [4.69, 9.17) is 4.74 Å². The summed E-state index contributed by atoms with van der Waals surface area (Å²) in [5.41, 5.74) is 1.23. The zero-order valence-electron chi connectivity index (χ0n) is 12.3. The minimum absolute atomic E-state index is 0.126. The molecule has 0 aliphatic rings. The minimum Gasteiger partial charge on any atom is -0.461 e. The molecule has 3 nitrogen and oxygen atoms in total. The summed E-state index contributed by atoms with van der Waals surface area (Å²) in [6.07, 6.45) is 5.09. The molecular formula is C17H25NO2. The molecule has 1 rings (SSSR count). The van der Waals surface area contributed by atoms with Crippen LogP contribution in [0.5, 0.6) is 0 Å². The van der Waals surface area contributed by atoms with Crippen molar-refractivity contribution in [2.45, 2.75) is 38.6 Å². The maximum absolute atomic E-state index is 11.7. The Bertz CT molecular complexity index is 389. The van der Waals surface area contributed by atoms with Crippen LogP contribution < -0.4 is 5.32 Å². The van der Waals surface area contributed by atoms with E-state index in [-0.39, 0.29) is 18.6 Å². The van der Waals surface area contributed by atoms with Crippen LogP contribution in [0.1, 0.15) is 31.7 Å². The molecule has 0 aliphatic heterocycles. The van der Waals surface area contributed by atoms with Crippen LogP contribution in [0.25, 0.3) is 0 Å². The number of benzene rings is 1. The highest BCUT2D eigenvalue weighted by Crippen LogP contribution is 2.07. The van der Waals surface area contributed by atoms with E-state index in [0.29, 0.717) is 6.42 Å². The lowest BCUT2D eigenvalue weighted by molar-refractivity contribution is -0.142. The molecule has 3 heteroatoms. The first kappa shape index (κ1) is 16.4. The molecule has 0 unspecified atom stereocenters. The number of ether oxygens (including phenoxy) is 1. The molecular weight excluding hydrogens is 250 g/mol. The van der Waals surface area contributed by atoms with Gasteiger partial charge in [-0.15, -0.1) is 0 Å². The average Bonchev–Trinajstić information content (AvgIpc) is 2.46. The Morgan fingerprint density at radius 2 is 2.15 bits per heavy atom. The zero-order chi connectivity index (χ0) is 14.6. The molecule has 0 fully saturated rings. The first-order valence-corrected chi connectivity index (χ1v) is 7.30. The van der Waals surface area contributed by atoms with Gasteiger partial charge in [-0.05, 0) is 24.9 Å². The van der Waals surface area contributed by atoms with Gasteiger partial charge in [0.25, 0.3) is 0 Å². The van der Waals surface area contributed by atoms with Crippen molar-refractivity contribution in [3.63, 3.8) is 0 Å². The maximum Gasteiger partial charge on any atom is 0.307 e. The highest BCUT2D eigenvalue weighted by Gasteiger charge is 2.14. The molecule has 0 aromatic heterocycles. The number of hydrogen-bond acceptors (Lipinski definition) is 3. The van der Waals surface area contributed by atoms with E-state index in [9.17, 15) is 4.79 Å². The molecule has 1 aromatic rings. The van der Waals surface area contributed by atoms with Gasteiger partial charge in [-0.1, -0.05) is 56.3 Å². The van der Waals surface area contributed by atoms with Gasteiger partial charge >= 0.3 is 5.97 Å². The summed E-state index contributed by atoms with van der Waals surface area (Å²) >= 11 is 0. The Kier molecular flexibility index (Phi) is 8.40. The highest BCUT2D eigenvalue weighted by atomic mass is 16.5. The van der Waals surface area contributed by atoms with Crippen LogP contribution in [0.3, 0.4) is 0 Å². The van der Waals surface area contributed by atoms with Gasteiger partial charge in [-0.2, -0.15) is 0 Å². The van der Waals surface area contributed by atoms with E-state index >= 15 is 0 Å². The fourth-order valence-corrected chi connectivity index (χ4v) is 2.01. The molecule has 0 radical (unpaired) electrons. The lowest BCUT2D eigenvalue weighted by Crippen LogP contribution is -2.34. The molecule has 0 aliphatic carbocycles. The Hall–Kier alpha value is -1.61. The van der Waals surface area contributed by atoms with Gasteiger partial charge in [0.1, 0.15) is 6.61 Å². The van der Waals surface area contributed by atoms with Crippen LogP contribution in [0, 0.1) is 0 Å². The summed E-state index contributed by atoms with van der Waals surface area (Å²) in [5, 5.41) is 3.45. The summed E-state index contributed by atoms with van der Waals surface area (Å²) in [6, 6.07) is 10.3. The fraction of sp³-hybridized carbons (Fsp3) is 0.471. The summed E-state index contributed by atoms with van der Waals surface area (Å²) in [6.45, 7) is 6.92. The van der Waals surface area contributed by atoms with Gasteiger partial charge in [0.15, 0.2) is 0 Å². The summed E-state index contributed by atoms with van der Waals surface area (Å²) in [7, 11) is 0. The van der Waals surface area contributed by atoms with Crippen LogP contribution in [0.15, 0.2) is 43.0 Å². The number of rotatable bonds is 10. The molecule has 0 bridgehead atoms. The van der Waals surface area contributed by atoms with Gasteiger partial charge in [0.2, 0.25) is 0 Å². The van der Waals surface area contributed by atoms with Crippen molar-refractivity contribution in [3.8, 4) is 0 Å². The summed E-state index contributed by atoms with van der Waals surface area (Å²) < 4.78 is 5.07. The average molecular weight is 275 g/mol. The standard InChI is InChI=1S/C17H25NO2/c1-3-5-11-18-16(14-17(19)20-12-4-2)13-15-9-7-6-8-10-15/h4,6-10,16,18H,2-3,5,11-14H2,1H3/t16-/m0/s1. The largest absolute Gasteiger partial charge is 0.461 e. The summed E-state index contributed by atoms with van der Waals surface area (Å²) in [5.74, 6) is -0.171. The third-order valence-corrected chi connectivity index (χ3v) is 3.06. The number of esters is 1. The van der Waals surface area contributed by atoms with Gasteiger partial charge in [-0.25, -0.2) is 0 Å². The van der Waals surface area contributed by atoms with Crippen molar-refractivity contribution < 1.29 is 9.53 Å². The Morgan fingerprint density at radius 1 is 1.40 bits per heavy atom. The smallest absolute Gasteiger partial charge is 0.307 e. The van der Waals surface area contributed by atoms with Gasteiger partial charge in [0, 0.05) is 6.04 Å². The highest BCUT2D eigenvalue weighted by molar-refractivity contribution is 5.70. The van der Waals surface area contributed by atoms with Gasteiger partial charge in [0.05, 0.1) is 6.42 Å². The molecule has 0 amide bonds. The summed E-state index contributed by atoms with van der Waals surface area (Å²) in [4.78, 5) is 11.7. The van der Waals surface area contributed by atoms with Crippen molar-refractivity contribution in [1.82, 2.24) is 5.32 Å². The van der Waals surface area contributed by atoms with E-state index < -0.39 is 0 Å². The van der Waals surface area contributed by atoms with Crippen LogP contribution in [-0.4, -0.2) is 25.2 Å². The Morgan fingerprint density at radius 3 is 2.80 bits per heavy atom. The van der Waals surface area contributed by atoms with E-state index in [2.05, 4.69) is 31.0 Å². The van der Waals surface area contributed by atoms with Crippen molar-refractivity contribution >= 4 is 5.97 Å². The topological polar surface area (TPSA) is 38.3 Å². The lowest BCUT2D eigenvalue weighted by Gasteiger charge is -2.18. The third kappa shape index (κ3) is 7.10. The van der Waals surface area contributed by atoms with Crippen molar-refractivity contribution in [2.24, 2.45) is 0 Å².